The minimum absolute atomic E-state index is 0.0128. The highest BCUT2D eigenvalue weighted by molar-refractivity contribution is 7.47. The van der Waals surface area contributed by atoms with Gasteiger partial charge in [-0.05, 0) is 25.2 Å². The minimum Gasteiger partial charge on any atom is -0.340 e. The molecule has 2 unspecified atom stereocenters. The van der Waals surface area contributed by atoms with Crippen molar-refractivity contribution in [3.05, 3.63) is 0 Å². The Bertz CT molecular complexity index is 529. The molecule has 0 rings (SSSR count). The third-order valence-corrected chi connectivity index (χ3v) is 7.66. The van der Waals surface area contributed by atoms with Crippen molar-refractivity contribution >= 4 is 13.6 Å². The summed E-state index contributed by atoms with van der Waals surface area (Å²) in [6, 6.07) is 0. The van der Waals surface area contributed by atoms with Gasteiger partial charge in [0.05, 0.1) is 33.9 Å². The zero-order valence-electron chi connectivity index (χ0n) is 23.7. The van der Waals surface area contributed by atoms with Crippen molar-refractivity contribution in [2.24, 2.45) is 5.92 Å². The first-order valence-electron chi connectivity index (χ1n) is 14.7. The van der Waals surface area contributed by atoms with Gasteiger partial charge in [-0.25, -0.2) is 4.57 Å². The second-order valence-corrected chi connectivity index (χ2v) is 12.1. The predicted octanol–water partition coefficient (Wildman–Crippen LogP) is 6.90. The summed E-state index contributed by atoms with van der Waals surface area (Å²) in [6.45, 7) is 5.46. The summed E-state index contributed by atoms with van der Waals surface area (Å²) in [4.78, 5) is 23.3. The second-order valence-electron chi connectivity index (χ2n) is 10.6. The van der Waals surface area contributed by atoms with E-state index in [1.54, 1.807) is 0 Å². The summed E-state index contributed by atoms with van der Waals surface area (Å²) in [5, 5.41) is 0. The Balaban J connectivity index is 3.92. The van der Waals surface area contributed by atoms with Crippen LogP contribution in [0.5, 0.6) is 0 Å². The Kier molecular flexibility index (Phi) is 23.9. The van der Waals surface area contributed by atoms with Crippen molar-refractivity contribution in [3.63, 3.8) is 0 Å². The largest absolute Gasteiger partial charge is 0.472 e. The van der Waals surface area contributed by atoms with Crippen LogP contribution in [-0.2, 0) is 18.4 Å². The molecule has 0 aliphatic carbocycles. The lowest BCUT2D eigenvalue weighted by Gasteiger charge is -2.18. The molecule has 0 aromatic carbocycles. The minimum atomic E-state index is -4.05. The highest BCUT2D eigenvalue weighted by Crippen LogP contribution is 2.44. The van der Waals surface area contributed by atoms with Gasteiger partial charge in [0.2, 0.25) is 0 Å². The van der Waals surface area contributed by atoms with Crippen LogP contribution in [0.3, 0.4) is 0 Å². The molecule has 2 N–H and O–H groups in total. The van der Waals surface area contributed by atoms with Crippen molar-refractivity contribution < 1.29 is 28.2 Å². The molecule has 0 aromatic rings. The summed E-state index contributed by atoms with van der Waals surface area (Å²) in [6.07, 6.45) is 21.9. The summed E-state index contributed by atoms with van der Waals surface area (Å²) in [7, 11) is 0.106. The molecule has 35 heavy (non-hydrogen) atoms. The highest BCUT2D eigenvalue weighted by atomic mass is 31.2. The third-order valence-electron chi connectivity index (χ3n) is 6.68. The molecular weight excluding hydrogens is 461 g/mol. The van der Waals surface area contributed by atoms with Crippen molar-refractivity contribution in [2.45, 2.75) is 136 Å². The Morgan fingerprint density at radius 3 is 1.77 bits per heavy atom. The Morgan fingerprint density at radius 1 is 0.771 bits per heavy atom. The Labute approximate surface area is 217 Å². The summed E-state index contributed by atoms with van der Waals surface area (Å²) < 4.78 is 22.6. The number of hydrogen-bond acceptors (Lipinski definition) is 4. The van der Waals surface area contributed by atoms with Gasteiger partial charge in [-0.2, -0.15) is 0 Å². The zero-order valence-corrected chi connectivity index (χ0v) is 24.6. The molecule has 0 saturated heterocycles. The number of phosphoric acid groups is 1. The van der Waals surface area contributed by atoms with Crippen molar-refractivity contribution in [2.75, 3.05) is 33.9 Å². The molecule has 6 nitrogen and oxygen atoms in total. The van der Waals surface area contributed by atoms with Crippen LogP contribution in [0.15, 0.2) is 0 Å². The molecule has 0 amide bonds. The second kappa shape index (κ2) is 24.1. The molecule has 0 heterocycles. The van der Waals surface area contributed by atoms with E-state index in [4.69, 9.17) is 9.05 Å². The number of rotatable bonds is 27. The maximum Gasteiger partial charge on any atom is 0.472 e. The van der Waals surface area contributed by atoms with Crippen molar-refractivity contribution in [1.29, 1.82) is 0 Å². The molecule has 0 bridgehead atoms. The lowest BCUT2D eigenvalue weighted by molar-refractivity contribution is -0.858. The SMILES string of the molecule is CCCCCCCCCCCCCCCCC(COP(=O)(O)OCCCC[NH+](C)C)CC(=O)CC. The number of carbonyl (C=O) groups excluding carboxylic acids is 1. The van der Waals surface area contributed by atoms with E-state index in [1.807, 2.05) is 6.92 Å². The number of hydrogen-bond donors (Lipinski definition) is 2. The normalized spacial score (nSPS) is 14.3. The fraction of sp³-hybridized carbons (Fsp3) is 0.964. The maximum atomic E-state index is 12.2. The van der Waals surface area contributed by atoms with Gasteiger partial charge in [-0.1, -0.05) is 104 Å². The Hall–Kier alpha value is -0.260. The van der Waals surface area contributed by atoms with Crippen LogP contribution >= 0.6 is 7.82 Å². The van der Waals surface area contributed by atoms with Gasteiger partial charge in [-0.3, -0.25) is 13.8 Å². The van der Waals surface area contributed by atoms with Crippen LogP contribution in [0.4, 0.5) is 0 Å². The van der Waals surface area contributed by atoms with Gasteiger partial charge in [0.15, 0.2) is 0 Å². The maximum absolute atomic E-state index is 12.2. The lowest BCUT2D eigenvalue weighted by atomic mass is 9.95. The van der Waals surface area contributed by atoms with E-state index in [-0.39, 0.29) is 24.9 Å². The van der Waals surface area contributed by atoms with Gasteiger partial charge in [0.25, 0.3) is 0 Å². The van der Waals surface area contributed by atoms with Crippen molar-refractivity contribution in [3.8, 4) is 0 Å². The van der Waals surface area contributed by atoms with Crippen LogP contribution in [0.1, 0.15) is 136 Å². The molecule has 0 aliphatic rings. The van der Waals surface area contributed by atoms with Gasteiger partial charge in [0, 0.05) is 12.8 Å². The smallest absolute Gasteiger partial charge is 0.340 e. The van der Waals surface area contributed by atoms with E-state index in [1.165, 1.54) is 81.9 Å². The topological polar surface area (TPSA) is 77.3 Å². The summed E-state index contributed by atoms with van der Waals surface area (Å²) in [5.41, 5.74) is 0. The quantitative estimate of drug-likeness (QED) is 0.0910. The average molecular weight is 521 g/mol. The molecule has 2 atom stereocenters. The molecule has 7 heteroatoms. The monoisotopic (exact) mass is 520 g/mol. The van der Waals surface area contributed by atoms with Gasteiger partial charge in [0.1, 0.15) is 5.78 Å². The zero-order chi connectivity index (χ0) is 26.2. The van der Waals surface area contributed by atoms with E-state index in [2.05, 4.69) is 21.0 Å². The molecule has 0 aliphatic heterocycles. The fourth-order valence-electron chi connectivity index (χ4n) is 4.34. The number of unbranched alkanes of at least 4 members (excludes halogenated alkanes) is 14. The number of carbonyl (C=O) groups is 1. The molecule has 0 fully saturated rings. The standard InChI is InChI=1S/C28H58NO5P/c1-5-7-8-9-10-11-12-13-14-15-16-17-18-19-22-27(25-28(30)6-2)26-34-35(31,32)33-24-21-20-23-29(3)4/h27H,5-26H2,1-4H3,(H,31,32)/p+1. The van der Waals surface area contributed by atoms with E-state index in [0.29, 0.717) is 12.8 Å². The van der Waals surface area contributed by atoms with E-state index < -0.39 is 7.82 Å². The van der Waals surface area contributed by atoms with Gasteiger partial charge in [-0.15, -0.1) is 0 Å². The molecule has 0 aromatic heterocycles. The molecule has 210 valence electrons. The van der Waals surface area contributed by atoms with Crippen LogP contribution in [-0.4, -0.2) is 44.5 Å². The molecule has 0 spiro atoms. The lowest BCUT2D eigenvalue weighted by Crippen LogP contribution is -3.05. The number of phosphoric ester groups is 1. The predicted molar refractivity (Wildman–Crippen MR) is 147 cm³/mol. The molecular formula is C28H59NO5P+. The molecule has 0 radical (unpaired) electrons. The third kappa shape index (κ3) is 25.2. The number of nitrogens with one attached hydrogen (secondary N) is 1. The van der Waals surface area contributed by atoms with E-state index in [9.17, 15) is 14.3 Å². The number of quaternary nitrogens is 1. The first-order valence-corrected chi connectivity index (χ1v) is 16.2. The fourth-order valence-corrected chi connectivity index (χ4v) is 5.17. The summed E-state index contributed by atoms with van der Waals surface area (Å²) in [5.74, 6) is 0.171. The molecule has 0 saturated carbocycles. The number of ketones is 1. The van der Waals surface area contributed by atoms with Gasteiger partial charge >= 0.3 is 7.82 Å². The van der Waals surface area contributed by atoms with Gasteiger partial charge < -0.3 is 9.79 Å². The van der Waals surface area contributed by atoms with Crippen LogP contribution in [0.25, 0.3) is 0 Å². The van der Waals surface area contributed by atoms with Crippen LogP contribution in [0, 0.1) is 5.92 Å². The highest BCUT2D eigenvalue weighted by Gasteiger charge is 2.24. The Morgan fingerprint density at radius 2 is 1.29 bits per heavy atom. The van der Waals surface area contributed by atoms with Crippen molar-refractivity contribution in [1.82, 2.24) is 0 Å². The first-order chi connectivity index (χ1) is 16.8. The number of Topliss-reactive ketones (excluding diaryl/α,β-unsaturated/α-hetero) is 1. The van der Waals surface area contributed by atoms with E-state index >= 15 is 0 Å². The first kappa shape index (κ1) is 34.7. The van der Waals surface area contributed by atoms with Crippen LogP contribution < -0.4 is 4.90 Å². The van der Waals surface area contributed by atoms with E-state index in [0.717, 1.165) is 38.6 Å². The summed E-state index contributed by atoms with van der Waals surface area (Å²) >= 11 is 0. The average Bonchev–Trinajstić information content (AvgIpc) is 2.82. The van der Waals surface area contributed by atoms with Crippen LogP contribution in [0.2, 0.25) is 0 Å².